The molecule has 10 heavy (non-hydrogen) atoms. The molecule has 7 nitrogen and oxygen atoms in total. The summed E-state index contributed by atoms with van der Waals surface area (Å²) in [5, 5.41) is 0. The van der Waals surface area contributed by atoms with Gasteiger partial charge in [-0.2, -0.15) is 0 Å². The van der Waals surface area contributed by atoms with Gasteiger partial charge in [0.2, 0.25) is 0 Å². The summed E-state index contributed by atoms with van der Waals surface area (Å²) in [5.41, 5.74) is 0. The fraction of sp³-hybridized carbons (Fsp3) is 0. The Morgan fingerprint density at radius 2 is 1.10 bits per heavy atom. The molecule has 0 spiro atoms. The van der Waals surface area contributed by atoms with Crippen LogP contribution in [0.3, 0.4) is 0 Å². The minimum absolute atomic E-state index is 0. The molecule has 0 atom stereocenters. The van der Waals surface area contributed by atoms with Crippen LogP contribution in [-0.2, 0) is 33.9 Å². The first-order chi connectivity index (χ1) is 3.71. The normalized spacial score (nSPS) is 12.4. The van der Waals surface area contributed by atoms with Gasteiger partial charge in [-0.05, 0) is 0 Å². The van der Waals surface area contributed by atoms with E-state index in [0.717, 1.165) is 0 Å². The molecule has 0 radical (unpaired) electrons. The van der Waals surface area contributed by atoms with Gasteiger partial charge in [-0.3, -0.25) is 0 Å². The zero-order valence-electron chi connectivity index (χ0n) is 4.07. The Balaban J connectivity index is 0. The van der Waals surface area contributed by atoms with Gasteiger partial charge in [-0.25, -0.2) is 0 Å². The van der Waals surface area contributed by atoms with Crippen molar-refractivity contribution in [3.63, 3.8) is 0 Å². The Morgan fingerprint density at radius 1 is 0.900 bits per heavy atom. The molecule has 0 bridgehead atoms. The number of rotatable bonds is 2. The fourth-order valence-electron chi connectivity index (χ4n) is 0.122. The quantitative estimate of drug-likeness (QED) is 0.381. The molecule has 0 fully saturated rings. The number of hydrogen-bond donors (Lipinski definition) is 0. The minimum atomic E-state index is -5.68. The maximum atomic E-state index is 9.32. The second kappa shape index (κ2) is 4.08. The molecule has 0 N–H and O–H groups in total. The van der Waals surface area contributed by atoms with E-state index in [-0.39, 0.29) is 20.4 Å². The largest absolute Gasteiger partial charge is 4.00 e. The summed E-state index contributed by atoms with van der Waals surface area (Å²) in [6, 6.07) is 0. The van der Waals surface area contributed by atoms with Crippen LogP contribution in [0.15, 0.2) is 0 Å². The zero-order valence-corrected chi connectivity index (χ0v) is 7.41. The van der Waals surface area contributed by atoms with Gasteiger partial charge in [0.15, 0.2) is 0 Å². The standard InChI is InChI=1S/H4O7P2.Pd/c1-8(2,3)7-9(4,5)6;/h(H2,1,2,3)(H2,4,5,6);/q;+4/p-4. The molecule has 0 unspecified atom stereocenters. The van der Waals surface area contributed by atoms with E-state index in [2.05, 4.69) is 4.31 Å². The maximum absolute atomic E-state index is 9.32. The third-order valence-electron chi connectivity index (χ3n) is 0.200. The van der Waals surface area contributed by atoms with E-state index in [1.54, 1.807) is 0 Å². The molecule has 0 aromatic heterocycles. The Kier molecular flexibility index (Phi) is 5.50. The average Bonchev–Trinajstić information content (AvgIpc) is 1.14. The SMILES string of the molecule is O=P([O-])([O-])OP(=O)([O-])[O-].[Pd+4]. The van der Waals surface area contributed by atoms with Gasteiger partial charge in [0.1, 0.15) is 0 Å². The van der Waals surface area contributed by atoms with Crippen molar-refractivity contribution in [1.82, 2.24) is 0 Å². The predicted octanol–water partition coefficient (Wildman–Crippen LogP) is -3.34. The van der Waals surface area contributed by atoms with Crippen LogP contribution in [0.25, 0.3) is 0 Å². The molecule has 0 saturated heterocycles. The first-order valence-electron chi connectivity index (χ1n) is 1.46. The Bertz CT molecular complexity index is 152. The molecular formula is O7P2Pd. The van der Waals surface area contributed by atoms with Crippen molar-refractivity contribution in [3.05, 3.63) is 0 Å². The zero-order chi connectivity index (χ0) is 7.71. The summed E-state index contributed by atoms with van der Waals surface area (Å²) < 4.78 is 21.2. The molecule has 0 saturated carbocycles. The van der Waals surface area contributed by atoms with E-state index in [0.29, 0.717) is 0 Å². The van der Waals surface area contributed by atoms with Crippen molar-refractivity contribution in [2.75, 3.05) is 0 Å². The topological polar surface area (TPSA) is 136 Å². The summed E-state index contributed by atoms with van der Waals surface area (Å²) in [7, 11) is -11.4. The van der Waals surface area contributed by atoms with Crippen LogP contribution in [0.4, 0.5) is 0 Å². The molecule has 0 aliphatic carbocycles. The molecular weight excluding hydrogens is 280 g/mol. The van der Waals surface area contributed by atoms with Crippen LogP contribution in [-0.4, -0.2) is 0 Å². The van der Waals surface area contributed by atoms with Crippen molar-refractivity contribution >= 4 is 15.6 Å². The second-order valence-electron chi connectivity index (χ2n) is 0.976. The van der Waals surface area contributed by atoms with E-state index in [9.17, 15) is 28.7 Å². The molecule has 0 aromatic rings. The third-order valence-corrected chi connectivity index (χ3v) is 1.80. The molecule has 62 valence electrons. The molecule has 0 aliphatic rings. The number of hydrogen-bond acceptors (Lipinski definition) is 7. The van der Waals surface area contributed by atoms with Gasteiger partial charge < -0.3 is 33.0 Å². The van der Waals surface area contributed by atoms with Gasteiger partial charge in [-0.1, -0.05) is 0 Å². The molecule has 0 rings (SSSR count). The van der Waals surface area contributed by atoms with Crippen LogP contribution in [0.2, 0.25) is 0 Å². The van der Waals surface area contributed by atoms with Crippen LogP contribution in [0.1, 0.15) is 0 Å². The van der Waals surface area contributed by atoms with E-state index >= 15 is 0 Å². The van der Waals surface area contributed by atoms with Crippen molar-refractivity contribution in [2.24, 2.45) is 0 Å². The van der Waals surface area contributed by atoms with E-state index in [1.807, 2.05) is 0 Å². The van der Waals surface area contributed by atoms with Gasteiger partial charge in [0.25, 0.3) is 0 Å². The summed E-state index contributed by atoms with van der Waals surface area (Å²) in [5.74, 6) is 0. The summed E-state index contributed by atoms with van der Waals surface area (Å²) in [6.45, 7) is 0. The van der Waals surface area contributed by atoms with Gasteiger partial charge in [0, 0.05) is 0 Å². The monoisotopic (exact) mass is 280 g/mol. The molecule has 0 heterocycles. The van der Waals surface area contributed by atoms with Crippen molar-refractivity contribution in [2.45, 2.75) is 0 Å². The Labute approximate surface area is 69.5 Å². The van der Waals surface area contributed by atoms with E-state index in [4.69, 9.17) is 0 Å². The predicted molar refractivity (Wildman–Crippen MR) is 16.3 cm³/mol. The Hall–Kier alpha value is 0.922. The van der Waals surface area contributed by atoms with Crippen molar-refractivity contribution in [1.29, 1.82) is 0 Å². The summed E-state index contributed by atoms with van der Waals surface area (Å²) >= 11 is 0. The molecule has 0 amide bonds. The Morgan fingerprint density at radius 3 is 1.10 bits per heavy atom. The van der Waals surface area contributed by atoms with Crippen molar-refractivity contribution in [3.8, 4) is 0 Å². The second-order valence-corrected chi connectivity index (χ2v) is 3.42. The summed E-state index contributed by atoms with van der Waals surface area (Å²) in [4.78, 5) is 37.3. The van der Waals surface area contributed by atoms with Crippen LogP contribution >= 0.6 is 15.6 Å². The molecule has 10 heteroatoms. The maximum Gasteiger partial charge on any atom is 4.00 e. The first kappa shape index (κ1) is 13.5. The van der Waals surface area contributed by atoms with Gasteiger partial charge in [-0.15, -0.1) is 0 Å². The van der Waals surface area contributed by atoms with Crippen LogP contribution in [0.5, 0.6) is 0 Å². The van der Waals surface area contributed by atoms with E-state index in [1.165, 1.54) is 0 Å². The molecule has 0 aromatic carbocycles. The van der Waals surface area contributed by atoms with Crippen molar-refractivity contribution < 1.29 is 53.4 Å². The molecule has 0 aliphatic heterocycles. The number of phosphoric acid groups is 2. The fourth-order valence-corrected chi connectivity index (χ4v) is 1.10. The average molecular weight is 280 g/mol. The first-order valence-corrected chi connectivity index (χ1v) is 4.38. The van der Waals surface area contributed by atoms with Crippen LogP contribution < -0.4 is 19.6 Å². The van der Waals surface area contributed by atoms with Gasteiger partial charge >= 0.3 is 20.4 Å². The smallest absolute Gasteiger partial charge is 0.790 e. The third kappa shape index (κ3) is 11.7. The van der Waals surface area contributed by atoms with Gasteiger partial charge in [0.05, 0.1) is 15.6 Å². The van der Waals surface area contributed by atoms with Crippen LogP contribution in [0, 0.1) is 0 Å². The minimum Gasteiger partial charge on any atom is -0.790 e. The van der Waals surface area contributed by atoms with E-state index < -0.39 is 15.6 Å². The summed E-state index contributed by atoms with van der Waals surface area (Å²) in [6.07, 6.45) is 0.